The van der Waals surface area contributed by atoms with Crippen LogP contribution in [0, 0.1) is 6.92 Å². The van der Waals surface area contributed by atoms with Crippen LogP contribution in [0.1, 0.15) is 22.7 Å². The van der Waals surface area contributed by atoms with Crippen molar-refractivity contribution < 1.29 is 24.5 Å². The van der Waals surface area contributed by atoms with Crippen LogP contribution in [0.15, 0.2) is 78.4 Å². The zero-order valence-electron chi connectivity index (χ0n) is 17.1. The van der Waals surface area contributed by atoms with Gasteiger partial charge in [-0.25, -0.2) is 0 Å². The molecule has 1 amide bonds. The number of phenolic OH excluding ortho intramolecular Hbond substituents is 1. The summed E-state index contributed by atoms with van der Waals surface area (Å²) in [6.45, 7) is 1.93. The number of hydrogen-bond donors (Lipinski definition) is 2. The van der Waals surface area contributed by atoms with Crippen molar-refractivity contribution in [2.24, 2.45) is 0 Å². The molecule has 6 nitrogen and oxygen atoms in total. The first-order valence-corrected chi connectivity index (χ1v) is 9.72. The Morgan fingerprint density at radius 2 is 1.65 bits per heavy atom. The summed E-state index contributed by atoms with van der Waals surface area (Å²) < 4.78 is 5.22. The number of carbonyl (C=O) groups is 2. The lowest BCUT2D eigenvalue weighted by Crippen LogP contribution is -2.29. The van der Waals surface area contributed by atoms with E-state index in [1.165, 1.54) is 18.1 Å². The lowest BCUT2D eigenvalue weighted by molar-refractivity contribution is -0.132. The Balaban J connectivity index is 1.96. The first kappa shape index (κ1) is 20.2. The number of benzene rings is 3. The number of amides is 1. The van der Waals surface area contributed by atoms with Crippen molar-refractivity contribution in [3.8, 4) is 11.5 Å². The van der Waals surface area contributed by atoms with Crippen molar-refractivity contribution in [1.82, 2.24) is 0 Å². The fraction of sp³-hybridized carbons (Fsp3) is 0.120. The Hall–Kier alpha value is -4.06. The van der Waals surface area contributed by atoms with Crippen LogP contribution in [-0.2, 0) is 9.59 Å². The standard InChI is InChI=1S/C25H21NO5/c1-15-8-11-18(12-9-15)26-22(17-10-13-19(27)20(14-17)31-2)21(24(29)25(26)30)23(28)16-6-4-3-5-7-16/h3-14,22,27-28H,1-2H3/t22-/m1/s1. The Bertz CT molecular complexity index is 1180. The van der Waals surface area contributed by atoms with E-state index in [0.29, 0.717) is 16.8 Å². The Morgan fingerprint density at radius 1 is 0.968 bits per heavy atom. The van der Waals surface area contributed by atoms with Crippen LogP contribution in [-0.4, -0.2) is 29.0 Å². The third-order valence-corrected chi connectivity index (χ3v) is 5.32. The van der Waals surface area contributed by atoms with Gasteiger partial charge in [-0.15, -0.1) is 0 Å². The summed E-state index contributed by atoms with van der Waals surface area (Å²) in [5, 5.41) is 21.0. The molecule has 0 aliphatic carbocycles. The smallest absolute Gasteiger partial charge is 0.300 e. The van der Waals surface area contributed by atoms with E-state index in [4.69, 9.17) is 4.74 Å². The van der Waals surface area contributed by atoms with Gasteiger partial charge in [0.25, 0.3) is 11.7 Å². The molecule has 4 rings (SSSR count). The highest BCUT2D eigenvalue weighted by atomic mass is 16.5. The zero-order valence-corrected chi connectivity index (χ0v) is 17.1. The van der Waals surface area contributed by atoms with E-state index in [2.05, 4.69) is 0 Å². The number of phenols is 1. The number of aliphatic hydroxyl groups is 1. The molecule has 0 bridgehead atoms. The van der Waals surface area contributed by atoms with Gasteiger partial charge in [0.2, 0.25) is 0 Å². The molecular weight excluding hydrogens is 394 g/mol. The van der Waals surface area contributed by atoms with E-state index in [1.807, 2.05) is 19.1 Å². The second-order valence-electron chi connectivity index (χ2n) is 7.30. The number of aliphatic hydroxyl groups excluding tert-OH is 1. The Kier molecular flexibility index (Phi) is 5.21. The van der Waals surface area contributed by atoms with E-state index < -0.39 is 17.7 Å². The van der Waals surface area contributed by atoms with E-state index >= 15 is 0 Å². The summed E-state index contributed by atoms with van der Waals surface area (Å²) in [6, 6.07) is 19.5. The van der Waals surface area contributed by atoms with Gasteiger partial charge in [-0.05, 0) is 36.8 Å². The summed E-state index contributed by atoms with van der Waals surface area (Å²) >= 11 is 0. The minimum absolute atomic E-state index is 0.0236. The number of carbonyl (C=O) groups excluding carboxylic acids is 2. The molecule has 1 heterocycles. The molecule has 31 heavy (non-hydrogen) atoms. The Morgan fingerprint density at radius 3 is 2.29 bits per heavy atom. The van der Waals surface area contributed by atoms with Gasteiger partial charge in [0, 0.05) is 11.3 Å². The molecule has 0 unspecified atom stereocenters. The van der Waals surface area contributed by atoms with E-state index in [1.54, 1.807) is 54.6 Å². The number of aryl methyl sites for hydroxylation is 1. The highest BCUT2D eigenvalue weighted by molar-refractivity contribution is 6.51. The highest BCUT2D eigenvalue weighted by Crippen LogP contribution is 2.43. The van der Waals surface area contributed by atoms with Crippen LogP contribution >= 0.6 is 0 Å². The topological polar surface area (TPSA) is 87.1 Å². The van der Waals surface area contributed by atoms with Crippen LogP contribution < -0.4 is 9.64 Å². The largest absolute Gasteiger partial charge is 0.507 e. The molecule has 1 saturated heterocycles. The van der Waals surface area contributed by atoms with Crippen molar-refractivity contribution in [3.63, 3.8) is 0 Å². The molecule has 3 aromatic carbocycles. The second-order valence-corrected chi connectivity index (χ2v) is 7.30. The number of methoxy groups -OCH3 is 1. The van der Waals surface area contributed by atoms with Gasteiger partial charge in [-0.2, -0.15) is 0 Å². The fourth-order valence-corrected chi connectivity index (χ4v) is 3.74. The molecule has 1 aliphatic rings. The number of Topliss-reactive ketones (excluding diaryl/α,β-unsaturated/α-hetero) is 1. The monoisotopic (exact) mass is 415 g/mol. The minimum atomic E-state index is -0.891. The molecule has 2 N–H and O–H groups in total. The molecule has 1 aliphatic heterocycles. The van der Waals surface area contributed by atoms with Crippen molar-refractivity contribution in [2.75, 3.05) is 12.0 Å². The van der Waals surface area contributed by atoms with Gasteiger partial charge in [0.05, 0.1) is 18.7 Å². The van der Waals surface area contributed by atoms with E-state index in [-0.39, 0.29) is 22.8 Å². The quantitative estimate of drug-likeness (QED) is 0.376. The predicted molar refractivity (Wildman–Crippen MR) is 117 cm³/mol. The van der Waals surface area contributed by atoms with Crippen LogP contribution in [0.3, 0.4) is 0 Å². The van der Waals surface area contributed by atoms with Crippen LogP contribution in [0.5, 0.6) is 11.5 Å². The summed E-state index contributed by atoms with van der Waals surface area (Å²) in [5.74, 6) is -1.64. The maximum atomic E-state index is 13.1. The average Bonchev–Trinajstić information content (AvgIpc) is 3.05. The summed E-state index contributed by atoms with van der Waals surface area (Å²) in [7, 11) is 1.42. The molecule has 6 heteroatoms. The zero-order chi connectivity index (χ0) is 22.1. The summed E-state index contributed by atoms with van der Waals surface area (Å²) in [6.07, 6.45) is 0. The Labute approximate surface area is 179 Å². The number of nitrogens with zero attached hydrogens (tertiary/aromatic N) is 1. The third-order valence-electron chi connectivity index (χ3n) is 5.32. The van der Waals surface area contributed by atoms with Crippen LogP contribution in [0.2, 0.25) is 0 Å². The summed E-state index contributed by atoms with van der Waals surface area (Å²) in [4.78, 5) is 27.5. The fourth-order valence-electron chi connectivity index (χ4n) is 3.74. The number of hydrogen-bond acceptors (Lipinski definition) is 5. The van der Waals surface area contributed by atoms with Gasteiger partial charge in [-0.3, -0.25) is 14.5 Å². The first-order valence-electron chi connectivity index (χ1n) is 9.72. The third kappa shape index (κ3) is 3.53. The predicted octanol–water partition coefficient (Wildman–Crippen LogP) is 4.34. The molecule has 0 radical (unpaired) electrons. The van der Waals surface area contributed by atoms with E-state index in [0.717, 1.165) is 5.56 Å². The SMILES string of the molecule is COc1cc([C@@H]2C(=C(O)c3ccccc3)C(=O)C(=O)N2c2ccc(C)cc2)ccc1O. The maximum absolute atomic E-state index is 13.1. The van der Waals surface area contributed by atoms with Crippen molar-refractivity contribution in [1.29, 1.82) is 0 Å². The van der Waals surface area contributed by atoms with Gasteiger partial charge < -0.3 is 14.9 Å². The van der Waals surface area contributed by atoms with Crippen LogP contribution in [0.25, 0.3) is 5.76 Å². The molecule has 0 spiro atoms. The maximum Gasteiger partial charge on any atom is 0.300 e. The van der Waals surface area contributed by atoms with Gasteiger partial charge in [-0.1, -0.05) is 54.1 Å². The number of aromatic hydroxyl groups is 1. The molecule has 1 atom stereocenters. The lowest BCUT2D eigenvalue weighted by Gasteiger charge is -2.26. The van der Waals surface area contributed by atoms with Gasteiger partial charge in [0.1, 0.15) is 5.76 Å². The van der Waals surface area contributed by atoms with Gasteiger partial charge in [0.15, 0.2) is 11.5 Å². The number of rotatable bonds is 4. The van der Waals surface area contributed by atoms with Crippen molar-refractivity contribution in [3.05, 3.63) is 95.1 Å². The molecular formula is C25H21NO5. The number of ketones is 1. The molecule has 1 fully saturated rings. The lowest BCUT2D eigenvalue weighted by atomic mass is 9.94. The molecule has 0 aromatic heterocycles. The normalized spacial score (nSPS) is 17.7. The number of ether oxygens (including phenoxy) is 1. The molecule has 156 valence electrons. The second kappa shape index (κ2) is 7.99. The number of anilines is 1. The summed E-state index contributed by atoms with van der Waals surface area (Å²) in [5.41, 5.74) is 2.46. The van der Waals surface area contributed by atoms with Gasteiger partial charge >= 0.3 is 0 Å². The van der Waals surface area contributed by atoms with Crippen LogP contribution in [0.4, 0.5) is 5.69 Å². The van der Waals surface area contributed by atoms with Crippen molar-refractivity contribution in [2.45, 2.75) is 13.0 Å². The molecule has 3 aromatic rings. The van der Waals surface area contributed by atoms with Crippen molar-refractivity contribution >= 4 is 23.1 Å². The highest BCUT2D eigenvalue weighted by Gasteiger charge is 2.47. The average molecular weight is 415 g/mol. The van der Waals surface area contributed by atoms with E-state index in [9.17, 15) is 19.8 Å². The molecule has 0 saturated carbocycles. The minimum Gasteiger partial charge on any atom is -0.507 e. The first-order chi connectivity index (χ1) is 14.9.